The molecule has 3 aliphatic rings. The van der Waals surface area contributed by atoms with Crippen molar-refractivity contribution in [3.05, 3.63) is 53.0 Å². The quantitative estimate of drug-likeness (QED) is 0.527. The molecule has 0 spiro atoms. The van der Waals surface area contributed by atoms with E-state index in [0.29, 0.717) is 35.5 Å². The second-order valence-corrected chi connectivity index (χ2v) is 10.9. The number of Topliss-reactive ketones (excluding diaryl/α,β-unsaturated/α-hetero) is 1. The van der Waals surface area contributed by atoms with Crippen LogP contribution in [0.3, 0.4) is 0 Å². The second kappa shape index (κ2) is 8.45. The summed E-state index contributed by atoms with van der Waals surface area (Å²) in [7, 11) is -0.554. The molecular weight excluding hydrogens is 432 g/mol. The average molecular weight is 465 g/mol. The number of benzene rings is 1. The van der Waals surface area contributed by atoms with E-state index in [1.54, 1.807) is 12.1 Å². The molecule has 3 atom stereocenters. The molecule has 180 valence electrons. The highest BCUT2D eigenvalue weighted by atomic mass is 19.1. The van der Waals surface area contributed by atoms with Crippen molar-refractivity contribution in [2.24, 2.45) is 11.8 Å². The Labute approximate surface area is 201 Å². The zero-order chi connectivity index (χ0) is 24.3. The number of pyridine rings is 1. The Kier molecular flexibility index (Phi) is 5.84. The minimum atomic E-state index is -0.554. The van der Waals surface area contributed by atoms with E-state index in [-0.39, 0.29) is 18.3 Å². The van der Waals surface area contributed by atoms with Crippen LogP contribution in [0.1, 0.15) is 76.5 Å². The Balaban J connectivity index is 1.24. The third-order valence-corrected chi connectivity index (χ3v) is 8.10. The molecule has 1 saturated carbocycles. The number of carbonyl (C=O) groups is 1. The van der Waals surface area contributed by atoms with Gasteiger partial charge in [0, 0.05) is 30.2 Å². The largest absolute Gasteiger partial charge is 0.494 e. The zero-order valence-electron chi connectivity index (χ0n) is 20.7. The summed E-state index contributed by atoms with van der Waals surface area (Å²) in [5, 5.41) is 0. The topological polar surface area (TPSA) is 57.7 Å². The molecule has 7 heteroatoms. The van der Waals surface area contributed by atoms with Gasteiger partial charge in [-0.3, -0.25) is 4.79 Å². The van der Waals surface area contributed by atoms with Gasteiger partial charge in [0.05, 0.1) is 11.2 Å². The SMILES string of the molecule is CCCCC(=O)[C@H]1[C@@H]2Cc3cc(OCc4cc(B5OC(C)(C)C(C)(C)O5)ccc4F)ncc3[C@@H]21. The van der Waals surface area contributed by atoms with E-state index in [1.807, 2.05) is 40.0 Å². The summed E-state index contributed by atoms with van der Waals surface area (Å²) in [6.45, 7) is 10.2. The fourth-order valence-electron chi connectivity index (χ4n) is 5.29. The maximum atomic E-state index is 14.5. The van der Waals surface area contributed by atoms with Crippen LogP contribution in [0.15, 0.2) is 30.5 Å². The van der Waals surface area contributed by atoms with Crippen molar-refractivity contribution in [3.8, 4) is 5.88 Å². The summed E-state index contributed by atoms with van der Waals surface area (Å²) in [6, 6.07) is 6.81. The minimum absolute atomic E-state index is 0.0654. The van der Waals surface area contributed by atoms with Crippen LogP contribution in [0.25, 0.3) is 0 Å². The molecule has 1 saturated heterocycles. The fourth-order valence-corrected chi connectivity index (χ4v) is 5.29. The van der Waals surface area contributed by atoms with Gasteiger partial charge in [0.15, 0.2) is 0 Å². The monoisotopic (exact) mass is 465 g/mol. The molecule has 5 rings (SSSR count). The van der Waals surface area contributed by atoms with Crippen molar-refractivity contribution in [3.63, 3.8) is 0 Å². The molecule has 5 nitrogen and oxygen atoms in total. The first kappa shape index (κ1) is 23.5. The van der Waals surface area contributed by atoms with Crippen LogP contribution >= 0.6 is 0 Å². The predicted molar refractivity (Wildman–Crippen MR) is 129 cm³/mol. The molecular formula is C27H33BFNO4. The van der Waals surface area contributed by atoms with Crippen molar-refractivity contribution < 1.29 is 23.2 Å². The lowest BCUT2D eigenvalue weighted by molar-refractivity contribution is -0.120. The highest BCUT2D eigenvalue weighted by molar-refractivity contribution is 6.62. The highest BCUT2D eigenvalue weighted by Gasteiger charge is 2.58. The van der Waals surface area contributed by atoms with Crippen LogP contribution < -0.4 is 10.2 Å². The van der Waals surface area contributed by atoms with Crippen molar-refractivity contribution in [2.45, 2.75) is 84.0 Å². The molecule has 2 aliphatic carbocycles. The van der Waals surface area contributed by atoms with Gasteiger partial charge in [0.1, 0.15) is 18.2 Å². The van der Waals surface area contributed by atoms with Crippen LogP contribution in [0.4, 0.5) is 4.39 Å². The molecule has 2 heterocycles. The number of ether oxygens (including phenoxy) is 1. The summed E-state index contributed by atoms with van der Waals surface area (Å²) >= 11 is 0. The van der Waals surface area contributed by atoms with Gasteiger partial charge in [0.2, 0.25) is 5.88 Å². The lowest BCUT2D eigenvalue weighted by Crippen LogP contribution is -2.41. The molecule has 0 unspecified atom stereocenters. The first-order valence-electron chi connectivity index (χ1n) is 12.4. The molecule has 1 aromatic heterocycles. The summed E-state index contributed by atoms with van der Waals surface area (Å²) in [5.41, 5.74) is 2.65. The predicted octanol–water partition coefficient (Wildman–Crippen LogP) is 4.74. The van der Waals surface area contributed by atoms with Gasteiger partial charge in [-0.1, -0.05) is 25.5 Å². The fraction of sp³-hybridized carbons (Fsp3) is 0.556. The summed E-state index contributed by atoms with van der Waals surface area (Å²) in [5.74, 6) is 1.48. The maximum absolute atomic E-state index is 14.5. The third kappa shape index (κ3) is 4.07. The first-order valence-corrected chi connectivity index (χ1v) is 12.4. The van der Waals surface area contributed by atoms with Crippen LogP contribution in [-0.2, 0) is 27.1 Å². The molecule has 1 aromatic carbocycles. The van der Waals surface area contributed by atoms with E-state index in [0.717, 1.165) is 24.7 Å². The number of rotatable bonds is 8. The Bertz CT molecular complexity index is 1100. The molecule has 34 heavy (non-hydrogen) atoms. The number of carbonyl (C=O) groups excluding carboxylic acids is 1. The summed E-state index contributed by atoms with van der Waals surface area (Å²) in [6.07, 6.45) is 5.45. The Morgan fingerprint density at radius 3 is 2.65 bits per heavy atom. The van der Waals surface area contributed by atoms with E-state index in [2.05, 4.69) is 11.9 Å². The maximum Gasteiger partial charge on any atom is 0.494 e. The van der Waals surface area contributed by atoms with Gasteiger partial charge in [-0.05, 0) is 75.0 Å². The van der Waals surface area contributed by atoms with E-state index in [9.17, 15) is 9.18 Å². The van der Waals surface area contributed by atoms with E-state index < -0.39 is 18.3 Å². The number of fused-ring (bicyclic) bond motifs is 3. The molecule has 1 aliphatic heterocycles. The van der Waals surface area contributed by atoms with E-state index in [4.69, 9.17) is 14.0 Å². The number of hydrogen-bond acceptors (Lipinski definition) is 5. The third-order valence-electron chi connectivity index (χ3n) is 8.10. The molecule has 0 amide bonds. The van der Waals surface area contributed by atoms with Crippen molar-refractivity contribution in [1.29, 1.82) is 0 Å². The lowest BCUT2D eigenvalue weighted by Gasteiger charge is -2.32. The van der Waals surface area contributed by atoms with Crippen LogP contribution in [0, 0.1) is 17.7 Å². The smallest absolute Gasteiger partial charge is 0.473 e. The number of nitrogens with zero attached hydrogens (tertiary/aromatic N) is 1. The summed E-state index contributed by atoms with van der Waals surface area (Å²) < 4.78 is 32.6. The standard InChI is InChI=1S/C27H33BFNO4/c1-6-7-8-22(31)25-19-12-16-13-23(30-14-20(16)24(19)25)32-15-17-11-18(9-10-21(17)29)28-33-26(2,3)27(4,5)34-28/h9-11,13-14,19,24-25H,6-8,12,15H2,1-5H3/t19-,24-,25-/m1/s1. The Hall–Kier alpha value is -2.25. The van der Waals surface area contributed by atoms with E-state index >= 15 is 0 Å². The van der Waals surface area contributed by atoms with Gasteiger partial charge >= 0.3 is 7.12 Å². The minimum Gasteiger partial charge on any atom is -0.473 e. The van der Waals surface area contributed by atoms with Crippen molar-refractivity contribution >= 4 is 18.4 Å². The molecule has 2 fully saturated rings. The average Bonchev–Trinajstić information content (AvgIpc) is 3.29. The van der Waals surface area contributed by atoms with Gasteiger partial charge in [-0.2, -0.15) is 0 Å². The normalized spacial score (nSPS) is 25.7. The molecule has 0 N–H and O–H groups in total. The number of ketones is 1. The number of aromatic nitrogens is 1. The van der Waals surface area contributed by atoms with Crippen LogP contribution in [-0.4, -0.2) is 29.1 Å². The highest BCUT2D eigenvalue weighted by Crippen LogP contribution is 2.62. The van der Waals surface area contributed by atoms with E-state index in [1.165, 1.54) is 17.2 Å². The number of unbranched alkanes of at least 4 members (excludes halogenated alkanes) is 1. The molecule has 2 aromatic rings. The summed E-state index contributed by atoms with van der Waals surface area (Å²) in [4.78, 5) is 16.9. The van der Waals surface area contributed by atoms with Crippen molar-refractivity contribution in [1.82, 2.24) is 4.98 Å². The van der Waals surface area contributed by atoms with Crippen molar-refractivity contribution in [2.75, 3.05) is 0 Å². The Morgan fingerprint density at radius 2 is 1.94 bits per heavy atom. The van der Waals surface area contributed by atoms with Crippen LogP contribution in [0.5, 0.6) is 5.88 Å². The molecule has 0 radical (unpaired) electrons. The van der Waals surface area contributed by atoms with Gasteiger partial charge < -0.3 is 14.0 Å². The number of hydrogen-bond donors (Lipinski definition) is 0. The number of halogens is 1. The van der Waals surface area contributed by atoms with Gasteiger partial charge in [0.25, 0.3) is 0 Å². The van der Waals surface area contributed by atoms with Gasteiger partial charge in [-0.25, -0.2) is 9.37 Å². The lowest BCUT2D eigenvalue weighted by atomic mass is 9.78. The first-order chi connectivity index (χ1) is 16.1. The van der Waals surface area contributed by atoms with Crippen LogP contribution in [0.2, 0.25) is 0 Å². The second-order valence-electron chi connectivity index (χ2n) is 10.9. The molecule has 0 bridgehead atoms. The zero-order valence-corrected chi connectivity index (χ0v) is 20.7. The Morgan fingerprint density at radius 1 is 1.21 bits per heavy atom. The van der Waals surface area contributed by atoms with Gasteiger partial charge in [-0.15, -0.1) is 0 Å².